The number of rotatable bonds is 4. The monoisotopic (exact) mass is 276 g/mol. The molecule has 1 heterocycles. The van der Waals surface area contributed by atoms with Crippen molar-refractivity contribution in [3.63, 3.8) is 0 Å². The fraction of sp³-hybridized carbons (Fsp3) is 0.231. The molecule has 0 saturated carbocycles. The molecule has 0 fully saturated rings. The van der Waals surface area contributed by atoms with Gasteiger partial charge in [0.2, 0.25) is 4.80 Å². The first-order valence-corrected chi connectivity index (χ1v) is 6.93. The van der Waals surface area contributed by atoms with E-state index in [2.05, 4.69) is 34.2 Å². The smallest absolute Gasteiger partial charge is 0.332 e. The molecule has 2 rings (SSSR count). The van der Waals surface area contributed by atoms with Gasteiger partial charge in [-0.25, -0.2) is 10.2 Å². The lowest BCUT2D eigenvalue weighted by atomic mass is 10.2. The highest BCUT2D eigenvalue weighted by atomic mass is 32.1. The Morgan fingerprint density at radius 2 is 2.16 bits per heavy atom. The Bertz CT molecular complexity index is 615. The number of benzene rings is 1. The van der Waals surface area contributed by atoms with E-state index in [1.54, 1.807) is 0 Å². The maximum absolute atomic E-state index is 10.7. The molecule has 3 N–H and O–H groups in total. The highest BCUT2D eigenvalue weighted by Crippen LogP contribution is 2.19. The van der Waals surface area contributed by atoms with Gasteiger partial charge < -0.3 is 10.3 Å². The predicted molar refractivity (Wildman–Crippen MR) is 76.3 cm³/mol. The molecule has 0 aliphatic heterocycles. The highest BCUT2D eigenvalue weighted by molar-refractivity contribution is 7.07. The number of hydrogen-bond donors (Lipinski definition) is 2. The first kappa shape index (κ1) is 13.4. The number of nitrogens with two attached hydrogens (primary N) is 1. The van der Waals surface area contributed by atoms with Crippen molar-refractivity contribution in [2.75, 3.05) is 0 Å². The van der Waals surface area contributed by atoms with E-state index in [1.807, 2.05) is 23.6 Å². The van der Waals surface area contributed by atoms with Crippen LogP contribution in [0.4, 0.5) is 4.79 Å². The third-order valence-electron chi connectivity index (χ3n) is 2.58. The number of carbonyl (C=O) groups excluding carboxylic acids is 1. The molecular formula is C13H16N4OS. The maximum Gasteiger partial charge on any atom is 0.332 e. The second-order valence-electron chi connectivity index (χ2n) is 4.01. The quantitative estimate of drug-likeness (QED) is 0.825. The van der Waals surface area contributed by atoms with Gasteiger partial charge in [-0.15, -0.1) is 16.4 Å². The molecule has 1 aromatic carbocycles. The fourth-order valence-corrected chi connectivity index (χ4v) is 2.70. The minimum absolute atomic E-state index is 0.655. The molecule has 0 atom stereocenters. The molecule has 2 amide bonds. The van der Waals surface area contributed by atoms with Crippen molar-refractivity contribution >= 4 is 17.4 Å². The van der Waals surface area contributed by atoms with Gasteiger partial charge in [0.05, 0.1) is 5.69 Å². The van der Waals surface area contributed by atoms with Crippen LogP contribution >= 0.6 is 11.3 Å². The molecule has 6 heteroatoms. The second kappa shape index (κ2) is 6.19. The molecule has 0 radical (unpaired) electrons. The molecule has 0 bridgehead atoms. The number of nitrogens with one attached hydrogen (secondary N) is 1. The Hall–Kier alpha value is -2.08. The van der Waals surface area contributed by atoms with Crippen LogP contribution in [0.3, 0.4) is 0 Å². The normalized spacial score (nSPS) is 11.5. The maximum atomic E-state index is 10.7. The Balaban J connectivity index is 2.46. The molecule has 0 spiro atoms. The lowest BCUT2D eigenvalue weighted by Gasteiger charge is -2.07. The number of urea groups is 1. The summed E-state index contributed by atoms with van der Waals surface area (Å²) in [6.07, 6.45) is 0.986. The van der Waals surface area contributed by atoms with Crippen LogP contribution in [0.15, 0.2) is 40.8 Å². The van der Waals surface area contributed by atoms with E-state index in [-0.39, 0.29) is 0 Å². The zero-order valence-corrected chi connectivity index (χ0v) is 11.5. The van der Waals surface area contributed by atoms with Crippen molar-refractivity contribution in [3.8, 4) is 11.3 Å². The van der Waals surface area contributed by atoms with Crippen molar-refractivity contribution < 1.29 is 4.79 Å². The first-order chi connectivity index (χ1) is 9.22. The minimum atomic E-state index is -0.655. The summed E-state index contributed by atoms with van der Waals surface area (Å²) >= 11 is 1.48. The summed E-state index contributed by atoms with van der Waals surface area (Å²) in [4.78, 5) is 11.5. The topological polar surface area (TPSA) is 72.4 Å². The lowest BCUT2D eigenvalue weighted by molar-refractivity contribution is 0.249. The Morgan fingerprint density at radius 3 is 2.79 bits per heavy atom. The summed E-state index contributed by atoms with van der Waals surface area (Å²) in [5.74, 6) is 0. The van der Waals surface area contributed by atoms with Crippen LogP contribution in [0.2, 0.25) is 0 Å². The van der Waals surface area contributed by atoms with Crippen molar-refractivity contribution in [1.29, 1.82) is 0 Å². The Kier molecular flexibility index (Phi) is 4.35. The van der Waals surface area contributed by atoms with Gasteiger partial charge in [0.1, 0.15) is 0 Å². The van der Waals surface area contributed by atoms with Gasteiger partial charge in [-0.2, -0.15) is 0 Å². The molecule has 0 unspecified atom stereocenters. The van der Waals surface area contributed by atoms with Gasteiger partial charge in [0, 0.05) is 11.9 Å². The molecular weight excluding hydrogens is 260 g/mol. The van der Waals surface area contributed by atoms with Gasteiger partial charge in [0.15, 0.2) is 0 Å². The summed E-state index contributed by atoms with van der Waals surface area (Å²) in [5, 5.41) is 6.06. The molecule has 2 aromatic rings. The fourth-order valence-electron chi connectivity index (χ4n) is 1.80. The standard InChI is InChI=1S/C13H16N4OS/c1-2-8-17-11(10-6-4-3-5-7-10)9-19-13(17)16-15-12(14)18/h3-7,9H,2,8H2,1H3,(H3,14,15,18)/b16-13-. The zero-order chi connectivity index (χ0) is 13.7. The molecule has 0 aliphatic rings. The summed E-state index contributed by atoms with van der Waals surface area (Å²) in [7, 11) is 0. The van der Waals surface area contributed by atoms with Crippen LogP contribution in [0.5, 0.6) is 0 Å². The molecule has 0 saturated heterocycles. The van der Waals surface area contributed by atoms with Gasteiger partial charge in [-0.1, -0.05) is 37.3 Å². The van der Waals surface area contributed by atoms with Crippen molar-refractivity contribution in [2.24, 2.45) is 10.8 Å². The summed E-state index contributed by atoms with van der Waals surface area (Å²) in [6, 6.07) is 9.44. The number of nitrogens with zero attached hydrogens (tertiary/aromatic N) is 2. The van der Waals surface area contributed by atoms with Gasteiger partial charge >= 0.3 is 6.03 Å². The van der Waals surface area contributed by atoms with Crippen molar-refractivity contribution in [3.05, 3.63) is 40.5 Å². The summed E-state index contributed by atoms with van der Waals surface area (Å²) in [6.45, 7) is 2.94. The van der Waals surface area contributed by atoms with E-state index < -0.39 is 6.03 Å². The van der Waals surface area contributed by atoms with Crippen LogP contribution in [0.25, 0.3) is 11.3 Å². The molecule has 100 valence electrons. The predicted octanol–water partition coefficient (Wildman–Crippen LogP) is 2.11. The SMILES string of the molecule is CCCn1c(-c2ccccc2)cs/c1=N\NC(N)=O. The number of aromatic nitrogens is 1. The lowest BCUT2D eigenvalue weighted by Crippen LogP contribution is -2.28. The third-order valence-corrected chi connectivity index (χ3v) is 3.44. The largest absolute Gasteiger partial charge is 0.350 e. The number of thiazole rings is 1. The van der Waals surface area contributed by atoms with Crippen LogP contribution in [-0.4, -0.2) is 10.6 Å². The number of amides is 2. The van der Waals surface area contributed by atoms with E-state index in [0.717, 1.165) is 29.0 Å². The third kappa shape index (κ3) is 3.23. The van der Waals surface area contributed by atoms with Crippen LogP contribution in [-0.2, 0) is 6.54 Å². The number of primary amides is 1. The minimum Gasteiger partial charge on any atom is -0.350 e. The van der Waals surface area contributed by atoms with E-state index >= 15 is 0 Å². The van der Waals surface area contributed by atoms with Crippen LogP contribution in [0, 0.1) is 0 Å². The number of carbonyl (C=O) groups is 1. The van der Waals surface area contributed by atoms with Gasteiger partial charge in [-0.05, 0) is 12.0 Å². The molecule has 19 heavy (non-hydrogen) atoms. The van der Waals surface area contributed by atoms with Crippen LogP contribution in [0.1, 0.15) is 13.3 Å². The highest BCUT2D eigenvalue weighted by Gasteiger charge is 2.06. The molecule has 0 aliphatic carbocycles. The van der Waals surface area contributed by atoms with Crippen molar-refractivity contribution in [2.45, 2.75) is 19.9 Å². The van der Waals surface area contributed by atoms with E-state index in [9.17, 15) is 4.79 Å². The number of hydrogen-bond acceptors (Lipinski definition) is 3. The average molecular weight is 276 g/mol. The van der Waals surface area contributed by atoms with Crippen LogP contribution < -0.4 is 16.0 Å². The van der Waals surface area contributed by atoms with Gasteiger partial charge in [0.25, 0.3) is 0 Å². The summed E-state index contributed by atoms with van der Waals surface area (Å²) < 4.78 is 2.08. The van der Waals surface area contributed by atoms with E-state index in [4.69, 9.17) is 5.73 Å². The molecule has 1 aromatic heterocycles. The Labute approximate surface area is 115 Å². The van der Waals surface area contributed by atoms with Crippen molar-refractivity contribution in [1.82, 2.24) is 9.99 Å². The molecule has 5 nitrogen and oxygen atoms in total. The second-order valence-corrected chi connectivity index (χ2v) is 4.85. The van der Waals surface area contributed by atoms with Gasteiger partial charge in [-0.3, -0.25) is 0 Å². The Morgan fingerprint density at radius 1 is 1.42 bits per heavy atom. The first-order valence-electron chi connectivity index (χ1n) is 6.05. The average Bonchev–Trinajstić information content (AvgIpc) is 2.81. The van der Waals surface area contributed by atoms with E-state index in [1.165, 1.54) is 11.3 Å². The summed E-state index contributed by atoms with van der Waals surface area (Å²) in [5.41, 5.74) is 9.54. The van der Waals surface area contributed by atoms with E-state index in [0.29, 0.717) is 0 Å². The zero-order valence-electron chi connectivity index (χ0n) is 10.7.